The number of thioether (sulfide) groups is 1. The zero-order valence-corrected chi connectivity index (χ0v) is 15.3. The largest absolute Gasteiger partial charge is 0.323 e. The van der Waals surface area contributed by atoms with E-state index < -0.39 is 11.6 Å². The smallest absolute Gasteiger partial charge is 0.234 e. The van der Waals surface area contributed by atoms with E-state index in [0.717, 1.165) is 34.9 Å². The summed E-state index contributed by atoms with van der Waals surface area (Å²) in [5.74, 6) is -1.34. The van der Waals surface area contributed by atoms with Crippen molar-refractivity contribution >= 4 is 34.4 Å². The number of amides is 1. The molecule has 1 aromatic heterocycles. The average Bonchev–Trinajstić information content (AvgIpc) is 2.93. The van der Waals surface area contributed by atoms with Gasteiger partial charge in [-0.2, -0.15) is 0 Å². The van der Waals surface area contributed by atoms with Crippen molar-refractivity contribution in [2.45, 2.75) is 25.5 Å². The Balaban J connectivity index is 1.73. The summed E-state index contributed by atoms with van der Waals surface area (Å²) in [6.07, 6.45) is 0. The lowest BCUT2D eigenvalue weighted by atomic mass is 10.2. The van der Waals surface area contributed by atoms with Gasteiger partial charge in [-0.1, -0.05) is 37.7 Å². The lowest BCUT2D eigenvalue weighted by Crippen LogP contribution is -2.16. The SMILES string of the molecule is CC(C)Cn1c(SCC(=O)Nc2ccc(F)cc2F)nc2ccccc21. The predicted octanol–water partition coefficient (Wildman–Crippen LogP) is 4.70. The minimum Gasteiger partial charge on any atom is -0.323 e. The van der Waals surface area contributed by atoms with Gasteiger partial charge < -0.3 is 9.88 Å². The van der Waals surface area contributed by atoms with Crippen LogP contribution in [-0.4, -0.2) is 21.2 Å². The number of hydrogen-bond donors (Lipinski definition) is 1. The van der Waals surface area contributed by atoms with Crippen molar-refractivity contribution in [1.29, 1.82) is 0 Å². The fourth-order valence-electron chi connectivity index (χ4n) is 2.61. The predicted molar refractivity (Wildman–Crippen MR) is 100 cm³/mol. The van der Waals surface area contributed by atoms with Crippen LogP contribution in [0.3, 0.4) is 0 Å². The van der Waals surface area contributed by atoms with Gasteiger partial charge in [0.05, 0.1) is 22.5 Å². The topological polar surface area (TPSA) is 46.9 Å². The molecule has 0 bridgehead atoms. The third-order valence-electron chi connectivity index (χ3n) is 3.70. The van der Waals surface area contributed by atoms with E-state index in [1.807, 2.05) is 24.3 Å². The first-order valence-electron chi connectivity index (χ1n) is 8.27. The first-order valence-corrected chi connectivity index (χ1v) is 9.25. The van der Waals surface area contributed by atoms with Gasteiger partial charge in [-0.15, -0.1) is 0 Å². The van der Waals surface area contributed by atoms with E-state index in [2.05, 4.69) is 28.7 Å². The molecule has 0 atom stereocenters. The zero-order chi connectivity index (χ0) is 18.7. The van der Waals surface area contributed by atoms with E-state index in [1.165, 1.54) is 17.8 Å². The summed E-state index contributed by atoms with van der Waals surface area (Å²) in [4.78, 5) is 16.7. The summed E-state index contributed by atoms with van der Waals surface area (Å²) in [6, 6.07) is 10.9. The Hall–Kier alpha value is -2.41. The molecule has 0 aliphatic carbocycles. The summed E-state index contributed by atoms with van der Waals surface area (Å²) >= 11 is 1.29. The number of carbonyl (C=O) groups is 1. The Kier molecular flexibility index (Phi) is 5.56. The molecule has 0 unspecified atom stereocenters. The van der Waals surface area contributed by atoms with Gasteiger partial charge in [-0.25, -0.2) is 13.8 Å². The Labute approximate surface area is 154 Å². The molecule has 0 aliphatic rings. The molecule has 3 aromatic rings. The maximum Gasteiger partial charge on any atom is 0.234 e. The number of para-hydroxylation sites is 2. The summed E-state index contributed by atoms with van der Waals surface area (Å²) in [5.41, 5.74) is 1.86. The minimum atomic E-state index is -0.796. The summed E-state index contributed by atoms with van der Waals surface area (Å²) in [5, 5.41) is 3.21. The van der Waals surface area contributed by atoms with Crippen LogP contribution in [0.15, 0.2) is 47.6 Å². The highest BCUT2D eigenvalue weighted by molar-refractivity contribution is 7.99. The number of rotatable bonds is 6. The molecule has 0 aliphatic heterocycles. The first-order chi connectivity index (χ1) is 12.4. The molecule has 1 heterocycles. The summed E-state index contributed by atoms with van der Waals surface area (Å²) in [6.45, 7) is 5.03. The van der Waals surface area contributed by atoms with Crippen LogP contribution in [0.5, 0.6) is 0 Å². The van der Waals surface area contributed by atoms with Gasteiger partial charge in [-0.05, 0) is 30.2 Å². The third-order valence-corrected chi connectivity index (χ3v) is 4.68. The van der Waals surface area contributed by atoms with Crippen LogP contribution in [0.25, 0.3) is 11.0 Å². The van der Waals surface area contributed by atoms with E-state index >= 15 is 0 Å². The number of nitrogens with zero attached hydrogens (tertiary/aromatic N) is 2. The molecule has 1 N–H and O–H groups in total. The molecule has 0 saturated heterocycles. The highest BCUT2D eigenvalue weighted by Crippen LogP contribution is 2.25. The van der Waals surface area contributed by atoms with Crippen LogP contribution in [0.4, 0.5) is 14.5 Å². The second-order valence-corrected chi connectivity index (χ2v) is 7.29. The molecular formula is C19H19F2N3OS. The highest BCUT2D eigenvalue weighted by Gasteiger charge is 2.14. The molecule has 0 radical (unpaired) electrons. The summed E-state index contributed by atoms with van der Waals surface area (Å²) in [7, 11) is 0. The number of halogens is 2. The van der Waals surface area contributed by atoms with E-state index in [9.17, 15) is 13.6 Å². The van der Waals surface area contributed by atoms with Crippen LogP contribution in [0.1, 0.15) is 13.8 Å². The summed E-state index contributed by atoms with van der Waals surface area (Å²) < 4.78 is 28.7. The monoisotopic (exact) mass is 375 g/mol. The Morgan fingerprint density at radius 2 is 2.00 bits per heavy atom. The van der Waals surface area contributed by atoms with Gasteiger partial charge in [0.2, 0.25) is 5.91 Å². The molecule has 0 saturated carbocycles. The number of fused-ring (bicyclic) bond motifs is 1. The van der Waals surface area contributed by atoms with Crippen LogP contribution in [-0.2, 0) is 11.3 Å². The molecule has 2 aromatic carbocycles. The Morgan fingerprint density at radius 1 is 1.23 bits per heavy atom. The Morgan fingerprint density at radius 3 is 2.73 bits per heavy atom. The number of anilines is 1. The van der Waals surface area contributed by atoms with Crippen LogP contribution >= 0.6 is 11.8 Å². The van der Waals surface area contributed by atoms with Gasteiger partial charge in [0.25, 0.3) is 0 Å². The zero-order valence-electron chi connectivity index (χ0n) is 14.5. The number of hydrogen-bond acceptors (Lipinski definition) is 3. The number of carbonyl (C=O) groups excluding carboxylic acids is 1. The van der Waals surface area contributed by atoms with Crippen LogP contribution in [0, 0.1) is 17.6 Å². The van der Waals surface area contributed by atoms with Gasteiger partial charge in [0.1, 0.15) is 11.6 Å². The van der Waals surface area contributed by atoms with Gasteiger partial charge in [-0.3, -0.25) is 4.79 Å². The number of nitrogens with one attached hydrogen (secondary N) is 1. The van der Waals surface area contributed by atoms with Gasteiger partial charge in [0, 0.05) is 12.6 Å². The maximum absolute atomic E-state index is 13.6. The number of imidazole rings is 1. The molecule has 1 amide bonds. The highest BCUT2D eigenvalue weighted by atomic mass is 32.2. The van der Waals surface area contributed by atoms with Crippen LogP contribution < -0.4 is 5.32 Å². The second kappa shape index (κ2) is 7.86. The third kappa shape index (κ3) is 4.22. The van der Waals surface area contributed by atoms with Crippen molar-refractivity contribution in [2.24, 2.45) is 5.92 Å². The second-order valence-electron chi connectivity index (χ2n) is 6.35. The normalized spacial score (nSPS) is 11.3. The lowest BCUT2D eigenvalue weighted by molar-refractivity contribution is -0.113. The molecule has 0 spiro atoms. The first kappa shape index (κ1) is 18.4. The van der Waals surface area contributed by atoms with Crippen molar-refractivity contribution in [3.05, 3.63) is 54.1 Å². The molecule has 7 heteroatoms. The van der Waals surface area contributed by atoms with E-state index in [-0.39, 0.29) is 17.3 Å². The standard InChI is InChI=1S/C19H19F2N3OS/c1-12(2)10-24-17-6-4-3-5-16(17)23-19(24)26-11-18(25)22-15-8-7-13(20)9-14(15)21/h3-9,12H,10-11H2,1-2H3,(H,22,25). The molecule has 26 heavy (non-hydrogen) atoms. The fraction of sp³-hybridized carbons (Fsp3) is 0.263. The van der Waals surface area contributed by atoms with Crippen molar-refractivity contribution in [1.82, 2.24) is 9.55 Å². The molecule has 0 fully saturated rings. The number of aromatic nitrogens is 2. The van der Waals surface area contributed by atoms with E-state index in [4.69, 9.17) is 0 Å². The van der Waals surface area contributed by atoms with E-state index in [1.54, 1.807) is 0 Å². The molecular weight excluding hydrogens is 356 g/mol. The average molecular weight is 375 g/mol. The van der Waals surface area contributed by atoms with Gasteiger partial charge in [0.15, 0.2) is 5.16 Å². The van der Waals surface area contributed by atoms with E-state index in [0.29, 0.717) is 5.92 Å². The molecule has 136 valence electrons. The van der Waals surface area contributed by atoms with Crippen molar-refractivity contribution in [2.75, 3.05) is 11.1 Å². The fourth-order valence-corrected chi connectivity index (χ4v) is 3.44. The van der Waals surface area contributed by atoms with Crippen molar-refractivity contribution in [3.63, 3.8) is 0 Å². The lowest BCUT2D eigenvalue weighted by Gasteiger charge is -2.11. The Bertz CT molecular complexity index is 940. The van der Waals surface area contributed by atoms with Crippen molar-refractivity contribution in [3.8, 4) is 0 Å². The van der Waals surface area contributed by atoms with Crippen LogP contribution in [0.2, 0.25) is 0 Å². The maximum atomic E-state index is 13.6. The van der Waals surface area contributed by atoms with Gasteiger partial charge >= 0.3 is 0 Å². The molecule has 3 rings (SSSR count). The number of benzene rings is 2. The van der Waals surface area contributed by atoms with Crippen molar-refractivity contribution < 1.29 is 13.6 Å². The minimum absolute atomic E-state index is 0.0346. The molecule has 4 nitrogen and oxygen atoms in total. The quantitative estimate of drug-likeness (QED) is 0.635.